The highest BCUT2D eigenvalue weighted by Gasteiger charge is 2.07. The van der Waals surface area contributed by atoms with Crippen LogP contribution in [0.2, 0.25) is 0 Å². The summed E-state index contributed by atoms with van der Waals surface area (Å²) in [5, 5.41) is 12.9. The second-order valence-electron chi connectivity index (χ2n) is 5.24. The van der Waals surface area contributed by atoms with Gasteiger partial charge in [-0.25, -0.2) is 0 Å². The molecule has 0 atom stereocenters. The number of carbonyl (C=O) groups excluding carboxylic acids is 1. The molecule has 22 heavy (non-hydrogen) atoms. The first-order chi connectivity index (χ1) is 10.7. The Kier molecular flexibility index (Phi) is 4.48. The minimum atomic E-state index is 0.0958. The molecule has 0 aliphatic carbocycles. The van der Waals surface area contributed by atoms with Gasteiger partial charge in [0.15, 0.2) is 0 Å². The van der Waals surface area contributed by atoms with Crippen molar-refractivity contribution in [3.05, 3.63) is 52.8 Å². The molecular weight excluding hydrogens is 296 g/mol. The first kappa shape index (κ1) is 14.7. The predicted molar refractivity (Wildman–Crippen MR) is 87.1 cm³/mol. The quantitative estimate of drug-likeness (QED) is 0.760. The lowest BCUT2D eigenvalue weighted by atomic mass is 10.0. The summed E-state index contributed by atoms with van der Waals surface area (Å²) in [6.07, 6.45) is 3.80. The van der Waals surface area contributed by atoms with E-state index in [1.807, 2.05) is 16.5 Å². The summed E-state index contributed by atoms with van der Waals surface area (Å²) < 4.78 is 1.96. The highest BCUT2D eigenvalue weighted by atomic mass is 32.1. The molecule has 0 bridgehead atoms. The molecule has 0 saturated carbocycles. The third-order valence-electron chi connectivity index (χ3n) is 3.71. The topological polar surface area (TPSA) is 59.3 Å². The number of fused-ring (bicyclic) bond motifs is 1. The predicted octanol–water partition coefficient (Wildman–Crippen LogP) is 2.39. The maximum Gasteiger partial charge on any atom is 0.220 e. The van der Waals surface area contributed by atoms with Crippen LogP contribution >= 0.6 is 11.3 Å². The van der Waals surface area contributed by atoms with Gasteiger partial charge in [-0.1, -0.05) is 24.3 Å². The monoisotopic (exact) mass is 314 g/mol. The van der Waals surface area contributed by atoms with Gasteiger partial charge in [-0.3, -0.25) is 9.20 Å². The Labute approximate surface area is 133 Å². The zero-order valence-electron chi connectivity index (χ0n) is 12.5. The number of thiazole rings is 1. The van der Waals surface area contributed by atoms with Gasteiger partial charge in [0.05, 0.1) is 0 Å². The maximum atomic E-state index is 11.9. The van der Waals surface area contributed by atoms with Crippen molar-refractivity contribution < 1.29 is 4.79 Å². The highest BCUT2D eigenvalue weighted by molar-refractivity contribution is 7.15. The van der Waals surface area contributed by atoms with Crippen molar-refractivity contribution in [2.24, 2.45) is 0 Å². The number of aromatic nitrogens is 3. The van der Waals surface area contributed by atoms with Crippen LogP contribution in [0.4, 0.5) is 0 Å². The van der Waals surface area contributed by atoms with Crippen molar-refractivity contribution in [1.82, 2.24) is 19.9 Å². The number of rotatable bonds is 6. The molecule has 5 nitrogen and oxygen atoms in total. The van der Waals surface area contributed by atoms with Crippen LogP contribution in [0.1, 0.15) is 23.2 Å². The van der Waals surface area contributed by atoms with Gasteiger partial charge in [0.2, 0.25) is 10.9 Å². The fourth-order valence-corrected chi connectivity index (χ4v) is 3.26. The molecule has 0 unspecified atom stereocenters. The number of nitrogens with zero attached hydrogens (tertiary/aromatic N) is 3. The number of benzene rings is 1. The first-order valence-electron chi connectivity index (χ1n) is 7.31. The Balaban J connectivity index is 1.45. The van der Waals surface area contributed by atoms with Crippen molar-refractivity contribution in [2.75, 3.05) is 6.54 Å². The van der Waals surface area contributed by atoms with E-state index in [0.29, 0.717) is 13.0 Å². The van der Waals surface area contributed by atoms with E-state index in [1.54, 1.807) is 17.7 Å². The summed E-state index contributed by atoms with van der Waals surface area (Å²) in [6, 6.07) is 8.19. The average Bonchev–Trinajstić information content (AvgIpc) is 3.11. The number of carbonyl (C=O) groups is 1. The maximum absolute atomic E-state index is 11.9. The lowest BCUT2D eigenvalue weighted by Crippen LogP contribution is -2.26. The molecule has 0 aliphatic heterocycles. The summed E-state index contributed by atoms with van der Waals surface area (Å²) in [5.74, 6) is 0.0958. The van der Waals surface area contributed by atoms with Gasteiger partial charge >= 0.3 is 0 Å². The molecule has 114 valence electrons. The van der Waals surface area contributed by atoms with Crippen LogP contribution in [0.25, 0.3) is 4.96 Å². The summed E-state index contributed by atoms with van der Waals surface area (Å²) in [5.41, 5.74) is 3.61. The van der Waals surface area contributed by atoms with E-state index in [0.717, 1.165) is 23.5 Å². The molecule has 3 aromatic rings. The molecule has 6 heteroatoms. The molecule has 0 aliphatic rings. The molecule has 1 aromatic carbocycles. The normalized spacial score (nSPS) is 11.0. The van der Waals surface area contributed by atoms with E-state index < -0.39 is 0 Å². The summed E-state index contributed by atoms with van der Waals surface area (Å²) >= 11 is 1.57. The van der Waals surface area contributed by atoms with Gasteiger partial charge in [0.25, 0.3) is 0 Å². The van der Waals surface area contributed by atoms with Gasteiger partial charge in [-0.05, 0) is 24.5 Å². The molecular formula is C16H18N4OS. The van der Waals surface area contributed by atoms with Crippen molar-refractivity contribution in [3.63, 3.8) is 0 Å². The van der Waals surface area contributed by atoms with Crippen LogP contribution in [0.3, 0.4) is 0 Å². The fraction of sp³-hybridized carbons (Fsp3) is 0.312. The Bertz CT molecular complexity index is 777. The van der Waals surface area contributed by atoms with Gasteiger partial charge in [-0.15, -0.1) is 21.5 Å². The SMILES string of the molecule is Cc1ccccc1CCC(=O)NCCc1csc2nncn12. The zero-order valence-corrected chi connectivity index (χ0v) is 13.3. The second kappa shape index (κ2) is 6.70. The number of nitrogens with one attached hydrogen (secondary N) is 1. The average molecular weight is 314 g/mol. The van der Waals surface area contributed by atoms with E-state index in [-0.39, 0.29) is 5.91 Å². The van der Waals surface area contributed by atoms with Crippen molar-refractivity contribution in [3.8, 4) is 0 Å². The van der Waals surface area contributed by atoms with Crippen LogP contribution in [-0.2, 0) is 17.6 Å². The Morgan fingerprint density at radius 3 is 3.05 bits per heavy atom. The summed E-state index contributed by atoms with van der Waals surface area (Å²) in [6.45, 7) is 2.71. The standard InChI is InChI=1S/C16H18N4OS/c1-12-4-2-3-5-13(12)6-7-15(21)17-9-8-14-10-22-16-19-18-11-20(14)16/h2-5,10-11H,6-9H2,1H3,(H,17,21). The largest absolute Gasteiger partial charge is 0.356 e. The number of amides is 1. The van der Waals surface area contributed by atoms with Crippen LogP contribution in [0.15, 0.2) is 36.0 Å². The first-order valence-corrected chi connectivity index (χ1v) is 8.19. The molecule has 3 rings (SSSR count). The van der Waals surface area contributed by atoms with Gasteiger partial charge < -0.3 is 5.32 Å². The molecule has 1 N–H and O–H groups in total. The molecule has 0 radical (unpaired) electrons. The van der Waals surface area contributed by atoms with Crippen LogP contribution in [-0.4, -0.2) is 27.0 Å². The van der Waals surface area contributed by atoms with Crippen LogP contribution < -0.4 is 5.32 Å². The molecule has 2 heterocycles. The fourth-order valence-electron chi connectivity index (χ4n) is 2.42. The van der Waals surface area contributed by atoms with Gasteiger partial charge in [0.1, 0.15) is 6.33 Å². The molecule has 0 fully saturated rings. The third kappa shape index (κ3) is 3.33. The summed E-state index contributed by atoms with van der Waals surface area (Å²) in [7, 11) is 0. The lowest BCUT2D eigenvalue weighted by molar-refractivity contribution is -0.121. The summed E-state index contributed by atoms with van der Waals surface area (Å²) in [4.78, 5) is 12.8. The third-order valence-corrected chi connectivity index (χ3v) is 4.59. The Morgan fingerprint density at radius 2 is 2.18 bits per heavy atom. The number of hydrogen-bond acceptors (Lipinski definition) is 4. The van der Waals surface area contributed by atoms with E-state index in [2.05, 4.69) is 40.0 Å². The number of aryl methyl sites for hydroxylation is 2. The minimum absolute atomic E-state index is 0.0958. The molecule has 0 saturated heterocycles. The molecule has 0 spiro atoms. The van der Waals surface area contributed by atoms with Crippen LogP contribution in [0.5, 0.6) is 0 Å². The van der Waals surface area contributed by atoms with Crippen LogP contribution in [0, 0.1) is 6.92 Å². The van der Waals surface area contributed by atoms with Crippen molar-refractivity contribution in [1.29, 1.82) is 0 Å². The van der Waals surface area contributed by atoms with E-state index in [4.69, 9.17) is 0 Å². The second-order valence-corrected chi connectivity index (χ2v) is 6.07. The van der Waals surface area contributed by atoms with Gasteiger partial charge in [0, 0.05) is 30.5 Å². The van der Waals surface area contributed by atoms with Crippen molar-refractivity contribution >= 4 is 22.2 Å². The van der Waals surface area contributed by atoms with E-state index in [1.165, 1.54) is 11.1 Å². The minimum Gasteiger partial charge on any atom is -0.356 e. The van der Waals surface area contributed by atoms with Crippen molar-refractivity contribution in [2.45, 2.75) is 26.2 Å². The molecule has 1 amide bonds. The number of hydrogen-bond donors (Lipinski definition) is 1. The smallest absolute Gasteiger partial charge is 0.220 e. The lowest BCUT2D eigenvalue weighted by Gasteiger charge is -2.07. The van der Waals surface area contributed by atoms with E-state index >= 15 is 0 Å². The van der Waals surface area contributed by atoms with E-state index in [9.17, 15) is 4.79 Å². The highest BCUT2D eigenvalue weighted by Crippen LogP contribution is 2.13. The Hall–Kier alpha value is -2.21. The Morgan fingerprint density at radius 1 is 1.32 bits per heavy atom. The van der Waals surface area contributed by atoms with Gasteiger partial charge in [-0.2, -0.15) is 0 Å². The molecule has 2 aromatic heterocycles. The zero-order chi connectivity index (χ0) is 15.4.